The molecule has 94 valence electrons. The minimum Gasteiger partial charge on any atom is -0.467 e. The van der Waals surface area contributed by atoms with Crippen LogP contribution in [0.4, 0.5) is 0 Å². The highest BCUT2D eigenvalue weighted by molar-refractivity contribution is 5.90. The highest BCUT2D eigenvalue weighted by Crippen LogP contribution is 2.18. The molecule has 6 heteroatoms. The topological polar surface area (TPSA) is 83.1 Å². The van der Waals surface area contributed by atoms with Gasteiger partial charge < -0.3 is 19.4 Å². The predicted octanol–water partition coefficient (Wildman–Crippen LogP) is -0.396. The lowest BCUT2D eigenvalue weighted by atomic mass is 10.2. The van der Waals surface area contributed by atoms with Crippen LogP contribution in [-0.4, -0.2) is 53.5 Å². The molecule has 0 spiro atoms. The van der Waals surface area contributed by atoms with Crippen LogP contribution in [0.3, 0.4) is 0 Å². The van der Waals surface area contributed by atoms with Gasteiger partial charge in [-0.05, 0) is 6.07 Å². The Hall–Kier alpha value is -1.37. The zero-order valence-corrected chi connectivity index (χ0v) is 9.50. The van der Waals surface area contributed by atoms with Crippen LogP contribution < -0.4 is 0 Å². The number of methoxy groups -OCH3 is 1. The van der Waals surface area contributed by atoms with Crippen molar-refractivity contribution in [3.63, 3.8) is 0 Å². The zero-order valence-electron chi connectivity index (χ0n) is 9.50. The van der Waals surface area contributed by atoms with E-state index in [-0.39, 0.29) is 0 Å². The molecule has 1 aliphatic heterocycles. The van der Waals surface area contributed by atoms with Crippen molar-refractivity contribution in [2.75, 3.05) is 20.2 Å². The fourth-order valence-electron chi connectivity index (χ4n) is 1.93. The van der Waals surface area contributed by atoms with E-state index in [1.54, 1.807) is 6.07 Å². The third-order valence-electron chi connectivity index (χ3n) is 2.85. The van der Waals surface area contributed by atoms with Gasteiger partial charge in [-0.1, -0.05) is 0 Å². The number of hydrogen-bond acceptors (Lipinski definition) is 6. The Morgan fingerprint density at radius 1 is 1.53 bits per heavy atom. The number of aliphatic hydroxyl groups is 2. The number of aliphatic hydroxyl groups excluding tert-OH is 2. The number of furan rings is 1. The summed E-state index contributed by atoms with van der Waals surface area (Å²) in [6, 6.07) is 1.55. The van der Waals surface area contributed by atoms with Crippen molar-refractivity contribution in [1.82, 2.24) is 4.90 Å². The standard InChI is InChI=1S/C11H15NO5/c1-16-11(15)7-2-3-17-10(7)6-12-4-8(13)9(14)5-12/h2-3,8-9,13-14H,4-6H2,1H3. The van der Waals surface area contributed by atoms with E-state index in [1.807, 2.05) is 4.90 Å². The number of carbonyl (C=O) groups excluding carboxylic acids is 1. The second-order valence-electron chi connectivity index (χ2n) is 4.08. The highest BCUT2D eigenvalue weighted by atomic mass is 16.5. The molecule has 0 radical (unpaired) electrons. The van der Waals surface area contributed by atoms with Crippen LogP contribution in [0.1, 0.15) is 16.1 Å². The van der Waals surface area contributed by atoms with E-state index in [4.69, 9.17) is 4.42 Å². The van der Waals surface area contributed by atoms with E-state index in [0.717, 1.165) is 0 Å². The summed E-state index contributed by atoms with van der Waals surface area (Å²) in [6.07, 6.45) is -0.0667. The maximum Gasteiger partial charge on any atom is 0.341 e. The van der Waals surface area contributed by atoms with Crippen LogP contribution in [0, 0.1) is 0 Å². The van der Waals surface area contributed by atoms with Crippen LogP contribution in [-0.2, 0) is 11.3 Å². The van der Waals surface area contributed by atoms with Crippen molar-refractivity contribution < 1.29 is 24.2 Å². The van der Waals surface area contributed by atoms with Crippen molar-refractivity contribution in [1.29, 1.82) is 0 Å². The first-order valence-electron chi connectivity index (χ1n) is 5.35. The van der Waals surface area contributed by atoms with Gasteiger partial charge in [0, 0.05) is 13.1 Å². The number of β-amino-alcohol motifs (C(OH)–C–C–N with tert-alkyl or cyclic N) is 2. The van der Waals surface area contributed by atoms with Crippen molar-refractivity contribution in [3.8, 4) is 0 Å². The summed E-state index contributed by atoms with van der Waals surface area (Å²) < 4.78 is 9.84. The highest BCUT2D eigenvalue weighted by Gasteiger charge is 2.30. The molecule has 1 aromatic rings. The molecular weight excluding hydrogens is 226 g/mol. The predicted molar refractivity (Wildman–Crippen MR) is 57.3 cm³/mol. The zero-order chi connectivity index (χ0) is 12.4. The van der Waals surface area contributed by atoms with Crippen LogP contribution in [0.2, 0.25) is 0 Å². The summed E-state index contributed by atoms with van der Waals surface area (Å²) in [7, 11) is 1.31. The van der Waals surface area contributed by atoms with Crippen molar-refractivity contribution in [3.05, 3.63) is 23.7 Å². The van der Waals surface area contributed by atoms with Crippen molar-refractivity contribution in [2.24, 2.45) is 0 Å². The Bertz CT molecular complexity index is 392. The second-order valence-corrected chi connectivity index (χ2v) is 4.08. The quantitative estimate of drug-likeness (QED) is 0.701. The van der Waals surface area contributed by atoms with Crippen LogP contribution in [0.5, 0.6) is 0 Å². The second kappa shape index (κ2) is 4.87. The summed E-state index contributed by atoms with van der Waals surface area (Å²) in [5.74, 6) is 0.0344. The van der Waals surface area contributed by atoms with E-state index in [1.165, 1.54) is 13.4 Å². The molecule has 1 aromatic heterocycles. The van der Waals surface area contributed by atoms with Gasteiger partial charge in [-0.2, -0.15) is 0 Å². The van der Waals surface area contributed by atoms with E-state index < -0.39 is 18.2 Å². The summed E-state index contributed by atoms with van der Waals surface area (Å²) in [4.78, 5) is 13.2. The Labute approximate surface area is 98.4 Å². The Morgan fingerprint density at radius 2 is 2.18 bits per heavy atom. The van der Waals surface area contributed by atoms with Crippen molar-refractivity contribution in [2.45, 2.75) is 18.8 Å². The van der Waals surface area contributed by atoms with Gasteiger partial charge in [0.25, 0.3) is 0 Å². The number of ether oxygens (including phenoxy) is 1. The lowest BCUT2D eigenvalue weighted by molar-refractivity contribution is 0.0572. The molecule has 2 heterocycles. The minimum atomic E-state index is -0.744. The van der Waals surface area contributed by atoms with Crippen molar-refractivity contribution >= 4 is 5.97 Å². The maximum absolute atomic E-state index is 11.4. The average Bonchev–Trinajstić information content (AvgIpc) is 2.86. The lowest BCUT2D eigenvalue weighted by Crippen LogP contribution is -2.22. The normalized spacial score (nSPS) is 25.1. The third-order valence-corrected chi connectivity index (χ3v) is 2.85. The maximum atomic E-state index is 11.4. The number of esters is 1. The average molecular weight is 241 g/mol. The number of carbonyl (C=O) groups is 1. The number of hydrogen-bond donors (Lipinski definition) is 2. The minimum absolute atomic E-state index is 0.364. The molecule has 0 amide bonds. The number of likely N-dealkylation sites (tertiary alicyclic amines) is 1. The lowest BCUT2D eigenvalue weighted by Gasteiger charge is -2.13. The van der Waals surface area contributed by atoms with Gasteiger partial charge in [-0.25, -0.2) is 4.79 Å². The van der Waals surface area contributed by atoms with Gasteiger partial charge in [-0.15, -0.1) is 0 Å². The molecule has 0 saturated carbocycles. The Balaban J connectivity index is 2.04. The third kappa shape index (κ3) is 2.49. The van der Waals surface area contributed by atoms with Gasteiger partial charge in [0.1, 0.15) is 11.3 Å². The molecule has 2 rings (SSSR count). The van der Waals surface area contributed by atoms with E-state index in [2.05, 4.69) is 4.74 Å². The fraction of sp³-hybridized carbons (Fsp3) is 0.545. The molecule has 2 atom stereocenters. The van der Waals surface area contributed by atoms with Crippen LogP contribution >= 0.6 is 0 Å². The van der Waals surface area contributed by atoms with E-state index in [0.29, 0.717) is 31.0 Å². The first kappa shape index (κ1) is 12.1. The van der Waals surface area contributed by atoms with Crippen LogP contribution in [0.25, 0.3) is 0 Å². The molecule has 2 unspecified atom stereocenters. The van der Waals surface area contributed by atoms with Gasteiger partial charge in [0.05, 0.1) is 32.1 Å². The molecule has 0 bridgehead atoms. The summed E-state index contributed by atoms with van der Waals surface area (Å²) in [5.41, 5.74) is 0.378. The molecular formula is C11H15NO5. The van der Waals surface area contributed by atoms with Gasteiger partial charge >= 0.3 is 5.97 Å². The SMILES string of the molecule is COC(=O)c1ccoc1CN1CC(O)C(O)C1. The monoisotopic (exact) mass is 241 g/mol. The summed E-state index contributed by atoms with van der Waals surface area (Å²) in [5, 5.41) is 18.8. The molecule has 1 saturated heterocycles. The molecule has 0 aliphatic carbocycles. The summed E-state index contributed by atoms with van der Waals surface area (Å²) in [6.45, 7) is 1.09. The first-order valence-corrected chi connectivity index (χ1v) is 5.35. The largest absolute Gasteiger partial charge is 0.467 e. The Kier molecular flexibility index (Phi) is 3.46. The van der Waals surface area contributed by atoms with Gasteiger partial charge in [0.15, 0.2) is 0 Å². The van der Waals surface area contributed by atoms with Gasteiger partial charge in [-0.3, -0.25) is 4.90 Å². The molecule has 17 heavy (non-hydrogen) atoms. The van der Waals surface area contributed by atoms with E-state index >= 15 is 0 Å². The molecule has 6 nitrogen and oxygen atoms in total. The summed E-state index contributed by atoms with van der Waals surface area (Å²) >= 11 is 0. The first-order chi connectivity index (χ1) is 8.11. The number of rotatable bonds is 3. The van der Waals surface area contributed by atoms with Gasteiger partial charge in [0.2, 0.25) is 0 Å². The molecule has 0 aromatic carbocycles. The molecule has 1 fully saturated rings. The number of nitrogens with zero attached hydrogens (tertiary/aromatic N) is 1. The molecule has 2 N–H and O–H groups in total. The fourth-order valence-corrected chi connectivity index (χ4v) is 1.93. The molecule has 1 aliphatic rings. The smallest absolute Gasteiger partial charge is 0.341 e. The Morgan fingerprint density at radius 3 is 2.76 bits per heavy atom. The van der Waals surface area contributed by atoms with Crippen LogP contribution in [0.15, 0.2) is 16.7 Å². The van der Waals surface area contributed by atoms with E-state index in [9.17, 15) is 15.0 Å².